The first-order chi connectivity index (χ1) is 8.70. The summed E-state index contributed by atoms with van der Waals surface area (Å²) in [6.07, 6.45) is 2.45. The third kappa shape index (κ3) is 3.11. The van der Waals surface area contributed by atoms with E-state index in [-0.39, 0.29) is 11.3 Å². The van der Waals surface area contributed by atoms with Crippen LogP contribution in [0.3, 0.4) is 0 Å². The van der Waals surface area contributed by atoms with Crippen molar-refractivity contribution in [1.29, 1.82) is 0 Å². The molecule has 18 heavy (non-hydrogen) atoms. The van der Waals surface area contributed by atoms with Gasteiger partial charge >= 0.3 is 0 Å². The molecule has 0 aliphatic rings. The van der Waals surface area contributed by atoms with Crippen molar-refractivity contribution >= 4 is 11.8 Å². The summed E-state index contributed by atoms with van der Waals surface area (Å²) in [6, 6.07) is 8.61. The minimum atomic E-state index is 0.0998. The van der Waals surface area contributed by atoms with Crippen LogP contribution < -0.4 is 5.73 Å². The topological polar surface area (TPSA) is 67.6 Å². The summed E-state index contributed by atoms with van der Waals surface area (Å²) in [5, 5.41) is 7.75. The van der Waals surface area contributed by atoms with Gasteiger partial charge in [0, 0.05) is 6.04 Å². The van der Waals surface area contributed by atoms with Crippen LogP contribution >= 0.6 is 11.8 Å². The van der Waals surface area contributed by atoms with Crippen molar-refractivity contribution < 1.29 is 0 Å². The lowest BCUT2D eigenvalue weighted by Gasteiger charge is -2.21. The quantitative estimate of drug-likeness (QED) is 0.813. The minimum Gasteiger partial charge on any atom is -0.326 e. The number of aromatic amines is 1. The van der Waals surface area contributed by atoms with E-state index in [9.17, 15) is 0 Å². The molecule has 0 bridgehead atoms. The molecule has 5 heteroatoms. The smallest absolute Gasteiger partial charge is 0.184 e. The first kappa shape index (κ1) is 13.1. The van der Waals surface area contributed by atoms with E-state index < -0.39 is 0 Å². The van der Waals surface area contributed by atoms with Crippen LogP contribution in [0.5, 0.6) is 0 Å². The Morgan fingerprint density at radius 3 is 2.61 bits per heavy atom. The lowest BCUT2D eigenvalue weighted by Crippen LogP contribution is -2.25. The molecule has 4 nitrogen and oxygen atoms in total. The van der Waals surface area contributed by atoms with Crippen molar-refractivity contribution in [2.75, 3.05) is 0 Å². The molecule has 0 aliphatic heterocycles. The van der Waals surface area contributed by atoms with Gasteiger partial charge in [-0.05, 0) is 18.9 Å². The number of hydrogen-bond donors (Lipinski definition) is 2. The second-order valence-corrected chi connectivity index (χ2v) is 5.44. The number of rotatable bonds is 5. The molecule has 0 aliphatic carbocycles. The Labute approximate surface area is 111 Å². The summed E-state index contributed by atoms with van der Waals surface area (Å²) in [5.41, 5.74) is 8.71. The van der Waals surface area contributed by atoms with Crippen LogP contribution in [0.2, 0.25) is 0 Å². The van der Waals surface area contributed by atoms with Crippen LogP contribution in [0.1, 0.15) is 29.7 Å². The van der Waals surface area contributed by atoms with Crippen molar-refractivity contribution in [1.82, 2.24) is 15.2 Å². The van der Waals surface area contributed by atoms with Crippen molar-refractivity contribution in [3.63, 3.8) is 0 Å². The zero-order chi connectivity index (χ0) is 13.0. The first-order valence-corrected chi connectivity index (χ1v) is 6.93. The van der Waals surface area contributed by atoms with E-state index in [1.807, 2.05) is 0 Å². The Kier molecular flexibility index (Phi) is 4.38. The highest BCUT2D eigenvalue weighted by Gasteiger charge is 2.21. The van der Waals surface area contributed by atoms with Gasteiger partial charge in [-0.1, -0.05) is 48.5 Å². The third-order valence-corrected chi connectivity index (χ3v) is 4.19. The van der Waals surface area contributed by atoms with Gasteiger partial charge in [-0.25, -0.2) is 4.98 Å². The number of hydrogen-bond acceptors (Lipinski definition) is 4. The number of nitrogens with two attached hydrogens (primary N) is 1. The van der Waals surface area contributed by atoms with Crippen LogP contribution in [-0.4, -0.2) is 21.2 Å². The third-order valence-electron chi connectivity index (χ3n) is 2.90. The number of nitrogens with one attached hydrogen (secondary N) is 1. The highest BCUT2D eigenvalue weighted by molar-refractivity contribution is 7.99. The molecule has 0 spiro atoms. The van der Waals surface area contributed by atoms with Gasteiger partial charge in [-0.3, -0.25) is 5.10 Å². The predicted molar refractivity (Wildman–Crippen MR) is 74.4 cm³/mol. The molecule has 0 radical (unpaired) electrons. The molecule has 1 heterocycles. The zero-order valence-electron chi connectivity index (χ0n) is 10.6. The van der Waals surface area contributed by atoms with Crippen LogP contribution in [0.25, 0.3) is 0 Å². The van der Waals surface area contributed by atoms with Gasteiger partial charge < -0.3 is 5.73 Å². The molecule has 3 N–H and O–H groups in total. The summed E-state index contributed by atoms with van der Waals surface area (Å²) in [4.78, 5) is 4.16. The van der Waals surface area contributed by atoms with Crippen molar-refractivity contribution in [2.24, 2.45) is 5.73 Å². The molecular formula is C13H18N4S. The SMILES string of the molecule is CCC(N)C(Sc1ncn[nH]1)c1ccc(C)cc1. The number of nitrogens with zero attached hydrogens (tertiary/aromatic N) is 2. The second kappa shape index (κ2) is 6.02. The highest BCUT2D eigenvalue weighted by atomic mass is 32.2. The van der Waals surface area contributed by atoms with Crippen LogP contribution in [0.15, 0.2) is 35.7 Å². The van der Waals surface area contributed by atoms with E-state index in [1.54, 1.807) is 11.8 Å². The van der Waals surface area contributed by atoms with Gasteiger partial charge in [-0.15, -0.1) is 0 Å². The Hall–Kier alpha value is -1.33. The summed E-state index contributed by atoms with van der Waals surface area (Å²) in [7, 11) is 0. The molecule has 2 unspecified atom stereocenters. The average Bonchev–Trinajstić information content (AvgIpc) is 2.89. The van der Waals surface area contributed by atoms with Gasteiger partial charge in [0.05, 0.1) is 5.25 Å². The lowest BCUT2D eigenvalue weighted by molar-refractivity contribution is 0.632. The number of benzene rings is 1. The maximum Gasteiger partial charge on any atom is 0.184 e. The largest absolute Gasteiger partial charge is 0.326 e. The molecule has 96 valence electrons. The minimum absolute atomic E-state index is 0.0998. The van der Waals surface area contributed by atoms with Gasteiger partial charge in [0.2, 0.25) is 0 Å². The number of H-pyrrole nitrogens is 1. The molecular weight excluding hydrogens is 244 g/mol. The van der Waals surface area contributed by atoms with E-state index in [2.05, 4.69) is 53.3 Å². The van der Waals surface area contributed by atoms with Crippen molar-refractivity contribution in [3.05, 3.63) is 41.7 Å². The summed E-state index contributed by atoms with van der Waals surface area (Å²) in [6.45, 7) is 4.19. The van der Waals surface area contributed by atoms with Crippen molar-refractivity contribution in [3.8, 4) is 0 Å². The number of aromatic nitrogens is 3. The van der Waals surface area contributed by atoms with Crippen LogP contribution in [0.4, 0.5) is 0 Å². The van der Waals surface area contributed by atoms with E-state index in [1.165, 1.54) is 17.5 Å². The fourth-order valence-electron chi connectivity index (χ4n) is 1.74. The maximum atomic E-state index is 6.22. The maximum absolute atomic E-state index is 6.22. The van der Waals surface area contributed by atoms with Gasteiger partial charge in [0.25, 0.3) is 0 Å². The highest BCUT2D eigenvalue weighted by Crippen LogP contribution is 2.36. The summed E-state index contributed by atoms with van der Waals surface area (Å²) < 4.78 is 0. The summed E-state index contributed by atoms with van der Waals surface area (Å²) in [5.74, 6) is 0. The first-order valence-electron chi connectivity index (χ1n) is 6.05. The molecule has 1 aromatic carbocycles. The second-order valence-electron chi connectivity index (χ2n) is 4.31. The van der Waals surface area contributed by atoms with Crippen molar-refractivity contribution in [2.45, 2.75) is 36.7 Å². The Morgan fingerprint density at radius 1 is 1.33 bits per heavy atom. The fraction of sp³-hybridized carbons (Fsp3) is 0.385. The fourth-order valence-corrected chi connectivity index (χ4v) is 2.86. The standard InChI is InChI=1S/C13H18N4S/c1-3-11(14)12(18-13-15-8-16-17-13)10-6-4-9(2)5-7-10/h4-8,11-12H,3,14H2,1-2H3,(H,15,16,17). The molecule has 0 saturated carbocycles. The Balaban J connectivity index is 2.22. The summed E-state index contributed by atoms with van der Waals surface area (Å²) >= 11 is 1.63. The van der Waals surface area contributed by atoms with Gasteiger partial charge in [0.15, 0.2) is 5.16 Å². The monoisotopic (exact) mass is 262 g/mol. The average molecular weight is 262 g/mol. The van der Waals surface area contributed by atoms with E-state index in [0.717, 1.165) is 11.6 Å². The molecule has 0 saturated heterocycles. The molecule has 0 amide bonds. The molecule has 1 aromatic heterocycles. The van der Waals surface area contributed by atoms with E-state index in [4.69, 9.17) is 5.73 Å². The van der Waals surface area contributed by atoms with Crippen LogP contribution in [0, 0.1) is 6.92 Å². The molecule has 2 aromatic rings. The predicted octanol–water partition coefficient (Wildman–Crippen LogP) is 2.68. The van der Waals surface area contributed by atoms with E-state index >= 15 is 0 Å². The molecule has 2 rings (SSSR count). The number of aryl methyl sites for hydroxylation is 1. The Morgan fingerprint density at radius 2 is 2.06 bits per heavy atom. The van der Waals surface area contributed by atoms with E-state index in [0.29, 0.717) is 0 Å². The Bertz CT molecular complexity index is 466. The van der Waals surface area contributed by atoms with Gasteiger partial charge in [-0.2, -0.15) is 5.10 Å². The number of thioether (sulfide) groups is 1. The van der Waals surface area contributed by atoms with Crippen LogP contribution in [-0.2, 0) is 0 Å². The lowest BCUT2D eigenvalue weighted by atomic mass is 10.0. The molecule has 2 atom stereocenters. The normalized spacial score (nSPS) is 14.4. The molecule has 0 fully saturated rings. The van der Waals surface area contributed by atoms with Gasteiger partial charge in [0.1, 0.15) is 6.33 Å². The zero-order valence-corrected chi connectivity index (χ0v) is 11.4.